The molecule has 0 aliphatic carbocycles. The minimum absolute atomic E-state index is 0.0291. The minimum Gasteiger partial charge on any atom is -0.394 e. The maximum absolute atomic E-state index is 11.4. The highest BCUT2D eigenvalue weighted by Crippen LogP contribution is 2.38. The molecular formula is C18H25N10O10P. The molecule has 39 heavy (non-hydrogen) atoms. The zero-order valence-electron chi connectivity index (χ0n) is 19.9. The van der Waals surface area contributed by atoms with E-state index in [2.05, 4.69) is 34.4 Å². The first-order chi connectivity index (χ1) is 18.5. The quantitative estimate of drug-likeness (QED) is 0.0761. The van der Waals surface area contributed by atoms with Gasteiger partial charge in [0.05, 0.1) is 32.5 Å². The van der Waals surface area contributed by atoms with Gasteiger partial charge in [0.15, 0.2) is 28.9 Å². The van der Waals surface area contributed by atoms with Crippen LogP contribution < -0.4 is 17.0 Å². The van der Waals surface area contributed by atoms with Crippen molar-refractivity contribution in [1.29, 1.82) is 0 Å². The van der Waals surface area contributed by atoms with Gasteiger partial charge in [-0.2, -0.15) is 4.98 Å². The van der Waals surface area contributed by atoms with Gasteiger partial charge in [-0.15, -0.1) is 0 Å². The molecule has 0 aromatic carbocycles. The molecule has 10 N–H and O–H groups in total. The molecule has 1 aliphatic heterocycles. The van der Waals surface area contributed by atoms with Crippen molar-refractivity contribution in [3.05, 3.63) is 29.3 Å². The highest BCUT2D eigenvalue weighted by molar-refractivity contribution is 7.46. The van der Waals surface area contributed by atoms with E-state index in [1.54, 1.807) is 0 Å². The minimum atomic E-state index is -4.72. The number of aliphatic hydroxyl groups is 3. The Morgan fingerprint density at radius 3 is 2.54 bits per heavy atom. The molecule has 212 valence electrons. The van der Waals surface area contributed by atoms with Gasteiger partial charge in [-0.1, -0.05) is 0 Å². The lowest BCUT2D eigenvalue weighted by atomic mass is 10.1. The largest absolute Gasteiger partial charge is 0.469 e. The summed E-state index contributed by atoms with van der Waals surface area (Å²) in [6.07, 6.45) is -1.06. The molecule has 5 rings (SSSR count). The average Bonchev–Trinajstić information content (AvgIpc) is 3.56. The number of anilines is 2. The summed E-state index contributed by atoms with van der Waals surface area (Å²) in [4.78, 5) is 50.8. The first-order valence-electron chi connectivity index (χ1n) is 11.0. The topological polar surface area (TPSA) is 305 Å². The number of hydrogen-bond donors (Lipinski definition) is 8. The van der Waals surface area contributed by atoms with Crippen LogP contribution in [0.4, 0.5) is 11.8 Å². The van der Waals surface area contributed by atoms with E-state index in [1.165, 1.54) is 28.1 Å². The lowest BCUT2D eigenvalue weighted by Gasteiger charge is -2.16. The monoisotopic (exact) mass is 572 g/mol. The molecule has 0 unspecified atom stereocenters. The first kappa shape index (κ1) is 28.4. The van der Waals surface area contributed by atoms with Crippen molar-refractivity contribution < 1.29 is 43.7 Å². The van der Waals surface area contributed by atoms with Crippen molar-refractivity contribution in [3.8, 4) is 0 Å². The number of H-pyrrole nitrogens is 1. The van der Waals surface area contributed by atoms with Crippen molar-refractivity contribution in [2.45, 2.75) is 31.3 Å². The normalized spacial score (nSPS) is 21.4. The summed E-state index contributed by atoms with van der Waals surface area (Å²) in [6, 6.07) is 0. The number of imidazole rings is 2. The maximum Gasteiger partial charge on any atom is 0.469 e. The van der Waals surface area contributed by atoms with Crippen molar-refractivity contribution in [3.63, 3.8) is 0 Å². The highest BCUT2D eigenvalue weighted by Gasteiger charge is 2.45. The van der Waals surface area contributed by atoms with Gasteiger partial charge in [0.1, 0.15) is 36.9 Å². The number of nitrogens with two attached hydrogens (primary N) is 2. The fourth-order valence-electron chi connectivity index (χ4n) is 3.62. The second-order valence-electron chi connectivity index (χ2n) is 8.01. The van der Waals surface area contributed by atoms with Gasteiger partial charge in [0.25, 0.3) is 5.56 Å². The Kier molecular flexibility index (Phi) is 8.49. The summed E-state index contributed by atoms with van der Waals surface area (Å²) in [5, 5.41) is 28.6. The lowest BCUT2D eigenvalue weighted by Crippen LogP contribution is -2.33. The van der Waals surface area contributed by atoms with E-state index >= 15 is 0 Å². The third kappa shape index (κ3) is 6.36. The summed E-state index contributed by atoms with van der Waals surface area (Å²) >= 11 is 0. The van der Waals surface area contributed by atoms with Gasteiger partial charge in [-0.25, -0.2) is 24.5 Å². The van der Waals surface area contributed by atoms with Crippen LogP contribution in [-0.4, -0.2) is 102 Å². The molecule has 1 fully saturated rings. The molecule has 21 heteroatoms. The smallest absolute Gasteiger partial charge is 0.394 e. The van der Waals surface area contributed by atoms with Crippen LogP contribution in [0.5, 0.6) is 0 Å². The first-order valence-corrected chi connectivity index (χ1v) is 12.6. The second kappa shape index (κ2) is 11.7. The summed E-state index contributed by atoms with van der Waals surface area (Å²) < 4.78 is 28.4. The molecule has 1 saturated heterocycles. The molecule has 4 aromatic heterocycles. The van der Waals surface area contributed by atoms with E-state index in [-0.39, 0.29) is 48.4 Å². The Morgan fingerprint density at radius 2 is 1.82 bits per heavy atom. The molecular weight excluding hydrogens is 547 g/mol. The number of fused-ring (bicyclic) bond motifs is 2. The zero-order valence-corrected chi connectivity index (χ0v) is 20.8. The molecule has 5 heterocycles. The van der Waals surface area contributed by atoms with Gasteiger partial charge >= 0.3 is 7.82 Å². The number of nitrogen functional groups attached to an aromatic ring is 2. The van der Waals surface area contributed by atoms with Crippen molar-refractivity contribution in [2.24, 2.45) is 0 Å². The summed E-state index contributed by atoms with van der Waals surface area (Å²) in [6.45, 7) is -0.295. The molecule has 0 saturated carbocycles. The molecule has 0 bridgehead atoms. The molecule has 4 atom stereocenters. The summed E-state index contributed by atoms with van der Waals surface area (Å²) in [5.41, 5.74) is 11.9. The maximum atomic E-state index is 11.4. The number of nitrogens with one attached hydrogen (secondary N) is 1. The number of hydrogen-bond acceptors (Lipinski definition) is 15. The van der Waals surface area contributed by atoms with Crippen LogP contribution >= 0.6 is 7.82 Å². The Bertz CT molecular complexity index is 1540. The van der Waals surface area contributed by atoms with E-state index < -0.39 is 39.0 Å². The number of rotatable bonds is 8. The molecule has 0 amide bonds. The SMILES string of the molecule is Nc1nc2c(ncn2COCCO)c(=O)[nH]1.Nc1ncnc2c1ncn2[C@@H]1O[C@H](COP(=O)(O)O)[C@@H](O)[C@@H]1O. The second-order valence-corrected chi connectivity index (χ2v) is 9.25. The van der Waals surface area contributed by atoms with Crippen LogP contribution in [0.3, 0.4) is 0 Å². The van der Waals surface area contributed by atoms with E-state index in [0.717, 1.165) is 0 Å². The number of phosphoric acid groups is 1. The third-order valence-corrected chi connectivity index (χ3v) is 5.85. The van der Waals surface area contributed by atoms with Crippen LogP contribution in [0.2, 0.25) is 0 Å². The number of aliphatic hydroxyl groups excluding tert-OH is 3. The van der Waals surface area contributed by atoms with Gasteiger partial charge in [-0.05, 0) is 0 Å². The van der Waals surface area contributed by atoms with Crippen LogP contribution in [0.1, 0.15) is 6.23 Å². The Balaban J connectivity index is 0.000000193. The van der Waals surface area contributed by atoms with Gasteiger partial charge in [0.2, 0.25) is 5.95 Å². The molecule has 1 aliphatic rings. The summed E-state index contributed by atoms with van der Waals surface area (Å²) in [7, 11) is -4.72. The van der Waals surface area contributed by atoms with Crippen molar-refractivity contribution in [1.82, 2.24) is 39.0 Å². The van der Waals surface area contributed by atoms with Gasteiger partial charge < -0.3 is 46.0 Å². The van der Waals surface area contributed by atoms with Crippen molar-refractivity contribution >= 4 is 41.9 Å². The number of aromatic nitrogens is 8. The molecule has 4 aromatic rings. The van der Waals surface area contributed by atoms with Gasteiger partial charge in [0, 0.05) is 0 Å². The van der Waals surface area contributed by atoms with E-state index in [0.29, 0.717) is 11.2 Å². The van der Waals surface area contributed by atoms with Crippen LogP contribution in [-0.2, 0) is 25.3 Å². The number of phosphoric ester groups is 1. The zero-order chi connectivity index (χ0) is 28.3. The Morgan fingerprint density at radius 1 is 1.08 bits per heavy atom. The third-order valence-electron chi connectivity index (χ3n) is 5.36. The van der Waals surface area contributed by atoms with Crippen molar-refractivity contribution in [2.75, 3.05) is 31.3 Å². The Hall–Kier alpha value is -3.59. The number of nitrogens with zero attached hydrogens (tertiary/aromatic N) is 7. The number of aromatic amines is 1. The van der Waals surface area contributed by atoms with Crippen LogP contribution in [0.25, 0.3) is 22.3 Å². The number of ether oxygens (including phenoxy) is 2. The van der Waals surface area contributed by atoms with Crippen LogP contribution in [0.15, 0.2) is 23.8 Å². The fraction of sp³-hybridized carbons (Fsp3) is 0.444. The molecule has 0 radical (unpaired) electrons. The van der Waals surface area contributed by atoms with Crippen LogP contribution in [0, 0.1) is 0 Å². The van der Waals surface area contributed by atoms with Gasteiger partial charge in [-0.3, -0.25) is 23.4 Å². The standard InChI is InChI=1S/C10H14N5O7P.C8H11N5O3/c11-8-5-9(13-2-12-8)15(3-14-5)10-7(17)6(16)4(22-10)1-21-23(18,19)20;9-8-11-6-5(7(15)12-8)10-3-13(6)4-16-2-1-14/h2-4,6-7,10,16-17H,1H2,(H2,11,12,13)(H2,18,19,20);3,14H,1-2,4H2,(H3,9,11,12,15)/t4-,6-,7+,10-;/m1./s1. The highest BCUT2D eigenvalue weighted by atomic mass is 31.2. The predicted octanol–water partition coefficient (Wildman–Crippen LogP) is -3.19. The summed E-state index contributed by atoms with van der Waals surface area (Å²) in [5.74, 6) is 0.171. The molecule has 20 nitrogen and oxygen atoms in total. The lowest BCUT2D eigenvalue weighted by molar-refractivity contribution is -0.0504. The predicted molar refractivity (Wildman–Crippen MR) is 129 cm³/mol. The van der Waals surface area contributed by atoms with E-state index in [1.807, 2.05) is 0 Å². The Labute approximate surface area is 217 Å². The van der Waals surface area contributed by atoms with E-state index in [9.17, 15) is 19.6 Å². The fourth-order valence-corrected chi connectivity index (χ4v) is 3.96. The molecule has 0 spiro atoms. The average molecular weight is 572 g/mol. The van der Waals surface area contributed by atoms with E-state index in [4.69, 9.17) is 35.8 Å².